The lowest BCUT2D eigenvalue weighted by Gasteiger charge is -2.43. The monoisotopic (exact) mass is 489 g/mol. The van der Waals surface area contributed by atoms with E-state index in [1.54, 1.807) is 24.3 Å². The molecular formula is C27H33F2NO5. The maximum atomic E-state index is 13.5. The van der Waals surface area contributed by atoms with Crippen LogP contribution in [0.15, 0.2) is 48.5 Å². The van der Waals surface area contributed by atoms with Gasteiger partial charge in [0.1, 0.15) is 17.7 Å². The molecule has 4 atom stereocenters. The molecule has 0 radical (unpaired) electrons. The molecule has 35 heavy (non-hydrogen) atoms. The molecule has 0 unspecified atom stereocenters. The molecule has 4 rings (SSSR count). The molecule has 190 valence electrons. The number of rotatable bonds is 8. The highest BCUT2D eigenvalue weighted by Crippen LogP contribution is 2.44. The van der Waals surface area contributed by atoms with E-state index in [2.05, 4.69) is 5.32 Å². The number of nitrogens with one attached hydrogen (secondary N) is 1. The van der Waals surface area contributed by atoms with Crippen LogP contribution in [0.1, 0.15) is 51.7 Å². The van der Waals surface area contributed by atoms with Crippen molar-refractivity contribution in [2.75, 3.05) is 0 Å². The lowest BCUT2D eigenvalue weighted by molar-refractivity contribution is -0.183. The summed E-state index contributed by atoms with van der Waals surface area (Å²) in [5.41, 5.74) is 0.311. The zero-order valence-corrected chi connectivity index (χ0v) is 20.6. The van der Waals surface area contributed by atoms with Crippen molar-refractivity contribution in [2.45, 2.75) is 89.5 Å². The molecule has 2 aromatic carbocycles. The molecule has 2 aromatic rings. The summed E-state index contributed by atoms with van der Waals surface area (Å²) in [5, 5.41) is 2.98. The smallest absolute Gasteiger partial charge is 0.252 e. The molecule has 1 saturated carbocycles. The number of benzene rings is 2. The topological polar surface area (TPSA) is 66.0 Å². The third-order valence-electron chi connectivity index (χ3n) is 6.29. The van der Waals surface area contributed by atoms with Gasteiger partial charge in [0.25, 0.3) is 5.91 Å². The fourth-order valence-corrected chi connectivity index (χ4v) is 4.69. The van der Waals surface area contributed by atoms with Crippen LogP contribution >= 0.6 is 0 Å². The molecule has 1 aliphatic heterocycles. The van der Waals surface area contributed by atoms with E-state index >= 15 is 0 Å². The van der Waals surface area contributed by atoms with Crippen LogP contribution < -0.4 is 5.32 Å². The van der Waals surface area contributed by atoms with Crippen molar-refractivity contribution in [1.82, 2.24) is 5.32 Å². The fourth-order valence-electron chi connectivity index (χ4n) is 4.69. The Morgan fingerprint density at radius 2 is 1.54 bits per heavy atom. The van der Waals surface area contributed by atoms with E-state index in [4.69, 9.17) is 18.9 Å². The predicted octanol–water partition coefficient (Wildman–Crippen LogP) is 4.64. The standard InChI is InChI=1S/C27H33F2NO5/c1-17(2)30-25(31)27(33-16-19-7-11-21(29)12-8-19)13-22(24-23(14-27)34-26(3,4)35-24)32-15-18-5-9-20(28)10-6-18/h5-12,17,22-24H,13-16H2,1-4H3,(H,30,31)/t22-,23+,24-,27+/m0/s1. The van der Waals surface area contributed by atoms with Gasteiger partial charge in [-0.3, -0.25) is 4.79 Å². The number of hydrogen-bond acceptors (Lipinski definition) is 5. The third kappa shape index (κ3) is 6.25. The maximum absolute atomic E-state index is 13.5. The quantitative estimate of drug-likeness (QED) is 0.585. The molecule has 6 nitrogen and oxygen atoms in total. The van der Waals surface area contributed by atoms with E-state index in [9.17, 15) is 13.6 Å². The molecule has 1 saturated heterocycles. The van der Waals surface area contributed by atoms with E-state index in [0.29, 0.717) is 0 Å². The minimum Gasteiger partial charge on any atom is -0.371 e. The van der Waals surface area contributed by atoms with Crippen LogP contribution in [0.4, 0.5) is 8.78 Å². The highest BCUT2D eigenvalue weighted by Gasteiger charge is 2.58. The number of ether oxygens (including phenoxy) is 4. The number of hydrogen-bond donors (Lipinski definition) is 1. The summed E-state index contributed by atoms with van der Waals surface area (Å²) < 4.78 is 51.6. The molecule has 0 spiro atoms. The van der Waals surface area contributed by atoms with Crippen LogP contribution in [0, 0.1) is 11.6 Å². The summed E-state index contributed by atoms with van der Waals surface area (Å²) in [5.74, 6) is -1.75. The third-order valence-corrected chi connectivity index (χ3v) is 6.29. The first kappa shape index (κ1) is 25.7. The second-order valence-electron chi connectivity index (χ2n) is 10.1. The van der Waals surface area contributed by atoms with E-state index in [0.717, 1.165) is 11.1 Å². The predicted molar refractivity (Wildman–Crippen MR) is 125 cm³/mol. The van der Waals surface area contributed by atoms with Gasteiger partial charge in [-0.1, -0.05) is 24.3 Å². The molecule has 2 fully saturated rings. The van der Waals surface area contributed by atoms with Gasteiger partial charge in [0.05, 0.1) is 25.4 Å². The summed E-state index contributed by atoms with van der Waals surface area (Å²) >= 11 is 0. The average molecular weight is 490 g/mol. The van der Waals surface area contributed by atoms with Gasteiger partial charge in [-0.05, 0) is 63.1 Å². The van der Waals surface area contributed by atoms with Crippen molar-refractivity contribution in [3.63, 3.8) is 0 Å². The summed E-state index contributed by atoms with van der Waals surface area (Å²) in [4.78, 5) is 13.5. The van der Waals surface area contributed by atoms with E-state index in [1.807, 2.05) is 27.7 Å². The summed E-state index contributed by atoms with van der Waals surface area (Å²) in [6, 6.07) is 12.0. The first-order valence-electron chi connectivity index (χ1n) is 12.0. The molecule has 1 aliphatic carbocycles. The summed E-state index contributed by atoms with van der Waals surface area (Å²) in [7, 11) is 0. The zero-order valence-electron chi connectivity index (χ0n) is 20.6. The lowest BCUT2D eigenvalue weighted by Crippen LogP contribution is -2.60. The van der Waals surface area contributed by atoms with Crippen molar-refractivity contribution in [1.29, 1.82) is 0 Å². The molecule has 1 amide bonds. The Kier molecular flexibility index (Phi) is 7.57. The van der Waals surface area contributed by atoms with E-state index in [1.165, 1.54) is 24.3 Å². The van der Waals surface area contributed by atoms with Crippen molar-refractivity contribution < 1.29 is 32.5 Å². The second kappa shape index (κ2) is 10.3. The average Bonchev–Trinajstić information content (AvgIpc) is 3.11. The van der Waals surface area contributed by atoms with E-state index in [-0.39, 0.29) is 55.7 Å². The van der Waals surface area contributed by atoms with Crippen LogP contribution in [-0.2, 0) is 37.0 Å². The van der Waals surface area contributed by atoms with Crippen molar-refractivity contribution in [3.8, 4) is 0 Å². The fraction of sp³-hybridized carbons (Fsp3) is 0.519. The normalized spacial score (nSPS) is 27.6. The Morgan fingerprint density at radius 1 is 0.971 bits per heavy atom. The van der Waals surface area contributed by atoms with Gasteiger partial charge in [-0.2, -0.15) is 0 Å². The molecule has 0 aromatic heterocycles. The SMILES string of the molecule is CC(C)NC(=O)[C@@]1(OCc2ccc(F)cc2)C[C@H](OCc2ccc(F)cc2)[C@@H]2OC(C)(C)O[C@@H]2C1. The van der Waals surface area contributed by atoms with Crippen LogP contribution in [0.5, 0.6) is 0 Å². The zero-order chi connectivity index (χ0) is 25.2. The Labute approximate surface area is 204 Å². The number of amides is 1. The van der Waals surface area contributed by atoms with Crippen LogP contribution in [-0.4, -0.2) is 41.6 Å². The van der Waals surface area contributed by atoms with Gasteiger partial charge in [0.2, 0.25) is 0 Å². The molecule has 0 bridgehead atoms. The van der Waals surface area contributed by atoms with Crippen molar-refractivity contribution in [3.05, 3.63) is 71.3 Å². The van der Waals surface area contributed by atoms with Crippen LogP contribution in [0.3, 0.4) is 0 Å². The first-order valence-corrected chi connectivity index (χ1v) is 12.0. The van der Waals surface area contributed by atoms with Crippen LogP contribution in [0.25, 0.3) is 0 Å². The minimum atomic E-state index is -1.24. The van der Waals surface area contributed by atoms with Crippen molar-refractivity contribution in [2.24, 2.45) is 0 Å². The lowest BCUT2D eigenvalue weighted by atomic mass is 9.78. The molecular weight excluding hydrogens is 456 g/mol. The Bertz CT molecular complexity index is 1010. The molecule has 8 heteroatoms. The molecule has 2 aliphatic rings. The number of carbonyl (C=O) groups excluding carboxylic acids is 1. The van der Waals surface area contributed by atoms with Gasteiger partial charge in [0.15, 0.2) is 11.4 Å². The van der Waals surface area contributed by atoms with Crippen molar-refractivity contribution >= 4 is 5.91 Å². The van der Waals surface area contributed by atoms with Gasteiger partial charge in [-0.25, -0.2) is 8.78 Å². The minimum absolute atomic E-state index is 0.0951. The highest BCUT2D eigenvalue weighted by atomic mass is 19.1. The highest BCUT2D eigenvalue weighted by molar-refractivity contribution is 5.85. The summed E-state index contributed by atoms with van der Waals surface area (Å²) in [6.45, 7) is 7.78. The summed E-state index contributed by atoms with van der Waals surface area (Å²) in [6.07, 6.45) is -0.791. The van der Waals surface area contributed by atoms with Crippen LogP contribution in [0.2, 0.25) is 0 Å². The van der Waals surface area contributed by atoms with E-state index < -0.39 is 23.6 Å². The molecule has 1 N–H and O–H groups in total. The number of fused-ring (bicyclic) bond motifs is 1. The molecule has 1 heterocycles. The Morgan fingerprint density at radius 3 is 2.11 bits per heavy atom. The number of carbonyl (C=O) groups is 1. The Hall–Kier alpha value is -2.39. The van der Waals surface area contributed by atoms with Gasteiger partial charge >= 0.3 is 0 Å². The Balaban J connectivity index is 1.59. The largest absolute Gasteiger partial charge is 0.371 e. The van der Waals surface area contributed by atoms with Gasteiger partial charge in [-0.15, -0.1) is 0 Å². The number of halogens is 2. The van der Waals surface area contributed by atoms with Gasteiger partial charge in [0, 0.05) is 18.9 Å². The van der Waals surface area contributed by atoms with Gasteiger partial charge < -0.3 is 24.3 Å². The first-order chi connectivity index (χ1) is 16.6. The second-order valence-corrected chi connectivity index (χ2v) is 10.1. The maximum Gasteiger partial charge on any atom is 0.252 e.